The maximum absolute atomic E-state index is 11.2. The van der Waals surface area contributed by atoms with Crippen LogP contribution in [0.1, 0.15) is 64.5 Å². The number of azide groups is 1. The molecule has 0 spiro atoms. The van der Waals surface area contributed by atoms with Crippen LogP contribution in [-0.4, -0.2) is 48.6 Å². The Balaban J connectivity index is 1.65. The van der Waals surface area contributed by atoms with Crippen molar-refractivity contribution >= 4 is 27.2 Å². The number of benzene rings is 2. The van der Waals surface area contributed by atoms with E-state index in [0.29, 0.717) is 25.9 Å². The number of rotatable bonds is 12. The minimum absolute atomic E-state index is 0.167. The van der Waals surface area contributed by atoms with Crippen molar-refractivity contribution in [3.05, 3.63) is 94.0 Å². The van der Waals surface area contributed by atoms with E-state index in [2.05, 4.69) is 108 Å². The van der Waals surface area contributed by atoms with Gasteiger partial charge in [0, 0.05) is 58.9 Å². The molecule has 2 aromatic carbocycles. The summed E-state index contributed by atoms with van der Waals surface area (Å²) in [7, 11) is -3.96. The third kappa shape index (κ3) is 6.17. The summed E-state index contributed by atoms with van der Waals surface area (Å²) in [4.78, 5) is 5.16. The number of hydrogen-bond donors (Lipinski definition) is 1. The summed E-state index contributed by atoms with van der Waals surface area (Å²) in [6.07, 6.45) is 9.36. The Labute approximate surface area is 238 Å². The van der Waals surface area contributed by atoms with E-state index in [4.69, 9.17) is 10.1 Å². The average molecular weight is 563 g/mol. The van der Waals surface area contributed by atoms with Crippen LogP contribution in [0.25, 0.3) is 10.4 Å². The zero-order chi connectivity index (χ0) is 29.0. The first-order valence-electron chi connectivity index (χ1n) is 13.9. The molecular formula is C31H40N5O3S+. The van der Waals surface area contributed by atoms with E-state index in [1.807, 2.05) is 6.07 Å². The second-order valence-corrected chi connectivity index (χ2v) is 13.1. The van der Waals surface area contributed by atoms with Gasteiger partial charge in [0.15, 0.2) is 5.71 Å². The minimum atomic E-state index is -3.96. The van der Waals surface area contributed by atoms with Gasteiger partial charge in [0.05, 0.1) is 11.2 Å². The highest BCUT2D eigenvalue weighted by Crippen LogP contribution is 2.47. The maximum atomic E-state index is 11.2. The average Bonchev–Trinajstić information content (AvgIpc) is 3.25. The lowest BCUT2D eigenvalue weighted by Crippen LogP contribution is -2.28. The van der Waals surface area contributed by atoms with E-state index < -0.39 is 10.1 Å². The van der Waals surface area contributed by atoms with Gasteiger partial charge in [-0.05, 0) is 56.3 Å². The summed E-state index contributed by atoms with van der Waals surface area (Å²) in [5, 5.41) is 3.68. The van der Waals surface area contributed by atoms with Gasteiger partial charge in [-0.15, -0.1) is 0 Å². The molecule has 0 radical (unpaired) electrons. The highest BCUT2D eigenvalue weighted by molar-refractivity contribution is 7.85. The fourth-order valence-electron chi connectivity index (χ4n) is 6.05. The molecule has 1 N–H and O–H groups in total. The van der Waals surface area contributed by atoms with Crippen LogP contribution in [0, 0.1) is 0 Å². The van der Waals surface area contributed by atoms with E-state index in [1.54, 1.807) is 0 Å². The van der Waals surface area contributed by atoms with Crippen molar-refractivity contribution in [1.82, 2.24) is 0 Å². The van der Waals surface area contributed by atoms with Crippen LogP contribution in [0.15, 0.2) is 77.6 Å². The zero-order valence-electron chi connectivity index (χ0n) is 23.9. The van der Waals surface area contributed by atoms with Crippen molar-refractivity contribution in [3.63, 3.8) is 0 Å². The van der Waals surface area contributed by atoms with Crippen LogP contribution in [-0.2, 0) is 20.9 Å². The van der Waals surface area contributed by atoms with E-state index in [-0.39, 0.29) is 16.6 Å². The Kier molecular flexibility index (Phi) is 8.88. The summed E-state index contributed by atoms with van der Waals surface area (Å²) in [5.41, 5.74) is 15.5. The summed E-state index contributed by atoms with van der Waals surface area (Å²) >= 11 is 0. The minimum Gasteiger partial charge on any atom is -0.344 e. The maximum Gasteiger partial charge on any atom is 0.264 e. The molecule has 0 unspecified atom stereocenters. The van der Waals surface area contributed by atoms with Crippen LogP contribution >= 0.6 is 0 Å². The van der Waals surface area contributed by atoms with Gasteiger partial charge in [0.1, 0.15) is 6.54 Å². The van der Waals surface area contributed by atoms with Gasteiger partial charge in [-0.3, -0.25) is 4.55 Å². The molecule has 0 aliphatic carbocycles. The molecule has 0 bridgehead atoms. The van der Waals surface area contributed by atoms with Crippen LogP contribution in [0.5, 0.6) is 0 Å². The van der Waals surface area contributed by atoms with Crippen molar-refractivity contribution in [3.8, 4) is 0 Å². The zero-order valence-corrected chi connectivity index (χ0v) is 24.7. The van der Waals surface area contributed by atoms with Gasteiger partial charge < -0.3 is 4.90 Å². The van der Waals surface area contributed by atoms with Gasteiger partial charge in [-0.2, -0.15) is 13.0 Å². The Hall–Kier alpha value is -3.39. The van der Waals surface area contributed by atoms with Crippen molar-refractivity contribution in [2.24, 2.45) is 5.11 Å². The highest BCUT2D eigenvalue weighted by atomic mass is 32.2. The standard InChI is InChI=1S/C31H39N5O3S/c1-30(2)24-14-5-7-16-26(24)35(21-10-9-20-33-34-32)28(30)18-13-19-29-31(3,4)25-15-6-8-17-27(25)36(29)22-11-12-23-40(37,38)39/h5-8,13-19H,9-12,20-23H2,1-4H3/p+1. The van der Waals surface area contributed by atoms with Crippen LogP contribution in [0.4, 0.5) is 11.4 Å². The largest absolute Gasteiger partial charge is 0.344 e. The highest BCUT2D eigenvalue weighted by Gasteiger charge is 2.44. The number of hydrogen-bond acceptors (Lipinski definition) is 4. The molecule has 8 nitrogen and oxygen atoms in total. The quantitative estimate of drug-likeness (QED) is 0.0746. The molecule has 2 aliphatic rings. The second-order valence-electron chi connectivity index (χ2n) is 11.5. The summed E-state index contributed by atoms with van der Waals surface area (Å²) in [5.74, 6) is -0.225. The summed E-state index contributed by atoms with van der Waals surface area (Å²) in [6, 6.07) is 16.9. The van der Waals surface area contributed by atoms with E-state index in [1.165, 1.54) is 22.5 Å². The third-order valence-electron chi connectivity index (χ3n) is 8.09. The normalized spacial score (nSPS) is 18.3. The van der Waals surface area contributed by atoms with Crippen molar-refractivity contribution in [2.75, 3.05) is 30.3 Å². The molecule has 2 heterocycles. The summed E-state index contributed by atoms with van der Waals surface area (Å²) in [6.45, 7) is 11.0. The predicted octanol–water partition coefficient (Wildman–Crippen LogP) is 7.06. The number of allylic oxidation sites excluding steroid dienone is 4. The fourth-order valence-corrected chi connectivity index (χ4v) is 6.61. The SMILES string of the molecule is CC1(C)C(/C=C/C=C2\N(CCCCS(=O)(=O)O)c3ccccc3C2(C)C)=[N+](CCCCN=[N+]=[N-])c2ccccc21. The summed E-state index contributed by atoms with van der Waals surface area (Å²) < 4.78 is 34.0. The Morgan fingerprint density at radius 2 is 1.68 bits per heavy atom. The second kappa shape index (κ2) is 12.0. The molecule has 0 amide bonds. The van der Waals surface area contributed by atoms with E-state index in [0.717, 1.165) is 30.8 Å². The number of unbranched alkanes of at least 4 members (excludes halogenated alkanes) is 2. The molecule has 2 aromatic rings. The molecule has 0 fully saturated rings. The number of anilines is 1. The Morgan fingerprint density at radius 1 is 0.975 bits per heavy atom. The molecular weight excluding hydrogens is 522 g/mol. The molecule has 9 heteroatoms. The van der Waals surface area contributed by atoms with Gasteiger partial charge >= 0.3 is 0 Å². The molecule has 2 aliphatic heterocycles. The molecule has 4 rings (SSSR count). The van der Waals surface area contributed by atoms with E-state index >= 15 is 0 Å². The smallest absolute Gasteiger partial charge is 0.264 e. The monoisotopic (exact) mass is 562 g/mol. The molecule has 0 atom stereocenters. The fraction of sp³-hybridized carbons (Fsp3) is 0.452. The van der Waals surface area contributed by atoms with Crippen LogP contribution in [0.2, 0.25) is 0 Å². The van der Waals surface area contributed by atoms with Gasteiger partial charge in [0.2, 0.25) is 5.69 Å². The van der Waals surface area contributed by atoms with Gasteiger partial charge in [-0.25, -0.2) is 0 Å². The van der Waals surface area contributed by atoms with Crippen molar-refractivity contribution in [2.45, 2.75) is 64.2 Å². The lowest BCUT2D eigenvalue weighted by molar-refractivity contribution is -0.438. The molecule has 40 heavy (non-hydrogen) atoms. The topological polar surface area (TPSA) is 109 Å². The predicted molar refractivity (Wildman–Crippen MR) is 162 cm³/mol. The van der Waals surface area contributed by atoms with Crippen molar-refractivity contribution < 1.29 is 17.5 Å². The molecule has 212 valence electrons. The lowest BCUT2D eigenvalue weighted by atomic mass is 9.81. The first kappa shape index (κ1) is 29.6. The first-order valence-corrected chi connectivity index (χ1v) is 15.6. The Morgan fingerprint density at radius 3 is 2.40 bits per heavy atom. The third-order valence-corrected chi connectivity index (χ3v) is 8.90. The van der Waals surface area contributed by atoms with Gasteiger partial charge in [0.25, 0.3) is 10.1 Å². The van der Waals surface area contributed by atoms with Crippen LogP contribution in [0.3, 0.4) is 0 Å². The molecule has 0 aromatic heterocycles. The first-order chi connectivity index (χ1) is 19.0. The van der Waals surface area contributed by atoms with E-state index in [9.17, 15) is 8.42 Å². The number of nitrogens with zero attached hydrogens (tertiary/aromatic N) is 5. The van der Waals surface area contributed by atoms with Crippen LogP contribution < -0.4 is 4.90 Å². The lowest BCUT2D eigenvalue weighted by Gasteiger charge is -2.27. The van der Waals surface area contributed by atoms with Gasteiger partial charge in [-0.1, -0.05) is 61.4 Å². The molecule has 0 saturated carbocycles. The molecule has 0 saturated heterocycles. The Bertz CT molecular complexity index is 1500. The number of fused-ring (bicyclic) bond motifs is 2. The number of para-hydroxylation sites is 2. The van der Waals surface area contributed by atoms with Crippen molar-refractivity contribution in [1.29, 1.82) is 0 Å².